The molecule has 0 unspecified atom stereocenters. The van der Waals surface area contributed by atoms with Gasteiger partial charge in [0.1, 0.15) is 5.69 Å². The zero-order valence-electron chi connectivity index (χ0n) is 14.8. The van der Waals surface area contributed by atoms with Gasteiger partial charge in [-0.15, -0.1) is 0 Å². The van der Waals surface area contributed by atoms with E-state index in [1.165, 1.54) is 15.4 Å². The van der Waals surface area contributed by atoms with E-state index in [1.807, 2.05) is 6.92 Å². The monoisotopic (exact) mass is 385 g/mol. The van der Waals surface area contributed by atoms with Crippen molar-refractivity contribution in [2.24, 2.45) is 0 Å². The molecule has 1 aromatic carbocycles. The fraction of sp³-hybridized carbons (Fsp3) is 0.316. The minimum atomic E-state index is -3.57. The molecule has 7 nitrogen and oxygen atoms in total. The Morgan fingerprint density at radius 2 is 1.67 bits per heavy atom. The normalized spacial score (nSPS) is 18.8. The van der Waals surface area contributed by atoms with Crippen LogP contribution < -0.4 is 0 Å². The molecule has 2 amide bonds. The van der Waals surface area contributed by atoms with E-state index in [-0.39, 0.29) is 35.6 Å². The summed E-state index contributed by atoms with van der Waals surface area (Å²) < 4.78 is 27.0. The second-order valence-electron chi connectivity index (χ2n) is 6.83. The second-order valence-corrected chi connectivity index (χ2v) is 8.77. The van der Waals surface area contributed by atoms with Gasteiger partial charge in [-0.05, 0) is 44.0 Å². The Balaban J connectivity index is 1.49. The number of aryl methyl sites for hydroxylation is 1. The van der Waals surface area contributed by atoms with Crippen molar-refractivity contribution in [3.05, 3.63) is 59.4 Å². The van der Waals surface area contributed by atoms with Crippen molar-refractivity contribution in [1.29, 1.82) is 0 Å². The summed E-state index contributed by atoms with van der Waals surface area (Å²) in [7, 11) is -3.57. The van der Waals surface area contributed by atoms with Gasteiger partial charge in [-0.1, -0.05) is 17.7 Å². The Morgan fingerprint density at radius 3 is 2.30 bits per heavy atom. The number of hydrogen-bond donors (Lipinski definition) is 0. The Hall–Kier alpha value is -2.58. The molecule has 0 atom stereocenters. The highest BCUT2D eigenvalue weighted by molar-refractivity contribution is 7.89. The average Bonchev–Trinajstić information content (AvgIpc) is 2.93. The maximum Gasteiger partial charge on any atom is 0.280 e. The minimum Gasteiger partial charge on any atom is -0.270 e. The molecule has 140 valence electrons. The molecule has 1 fully saturated rings. The molecule has 0 saturated carbocycles. The summed E-state index contributed by atoms with van der Waals surface area (Å²) in [5.74, 6) is -0.738. The van der Waals surface area contributed by atoms with Crippen LogP contribution in [0, 0.1) is 6.92 Å². The number of amides is 2. The fourth-order valence-corrected chi connectivity index (χ4v) is 5.09. The Labute approximate surface area is 157 Å². The number of aromatic nitrogens is 1. The first kappa shape index (κ1) is 17.8. The number of carbonyl (C=O) groups is 2. The third-order valence-corrected chi connectivity index (χ3v) is 7.04. The number of piperidine rings is 1. The first-order valence-corrected chi connectivity index (χ1v) is 10.2. The van der Waals surface area contributed by atoms with Crippen LogP contribution >= 0.6 is 0 Å². The van der Waals surface area contributed by atoms with E-state index in [1.54, 1.807) is 36.4 Å². The fourth-order valence-electron chi connectivity index (χ4n) is 3.62. The standard InChI is InChI=1S/C19H19N3O4S/c1-13-4-6-15(7-5-13)27(25,26)21-11-8-14(9-12-21)22-18(23)16-3-2-10-20-17(16)19(22)24/h2-7,10,14H,8-9,11-12H2,1H3. The van der Waals surface area contributed by atoms with Crippen LogP contribution in [-0.4, -0.2) is 53.6 Å². The van der Waals surface area contributed by atoms with Crippen LogP contribution in [0.3, 0.4) is 0 Å². The van der Waals surface area contributed by atoms with E-state index in [9.17, 15) is 18.0 Å². The zero-order valence-corrected chi connectivity index (χ0v) is 15.6. The lowest BCUT2D eigenvalue weighted by atomic mass is 10.1. The van der Waals surface area contributed by atoms with Crippen LogP contribution in [0.5, 0.6) is 0 Å². The molecule has 1 aromatic heterocycles. The number of fused-ring (bicyclic) bond motifs is 1. The summed E-state index contributed by atoms with van der Waals surface area (Å²) in [6, 6.07) is 9.66. The lowest BCUT2D eigenvalue weighted by Crippen LogP contribution is -2.48. The molecule has 2 aliphatic rings. The van der Waals surface area contributed by atoms with Gasteiger partial charge in [0, 0.05) is 25.3 Å². The molecular formula is C19H19N3O4S. The predicted molar refractivity (Wildman–Crippen MR) is 97.7 cm³/mol. The molecule has 1 saturated heterocycles. The van der Waals surface area contributed by atoms with Crippen molar-refractivity contribution < 1.29 is 18.0 Å². The van der Waals surface area contributed by atoms with Crippen LogP contribution in [0.2, 0.25) is 0 Å². The molecule has 2 aromatic rings. The summed E-state index contributed by atoms with van der Waals surface area (Å²) in [6.45, 7) is 2.43. The first-order chi connectivity index (χ1) is 12.9. The molecule has 4 rings (SSSR count). The first-order valence-electron chi connectivity index (χ1n) is 8.79. The Bertz CT molecular complexity index is 975. The summed E-state index contributed by atoms with van der Waals surface area (Å²) in [5.41, 5.74) is 1.49. The van der Waals surface area contributed by atoms with Crippen molar-refractivity contribution in [2.75, 3.05) is 13.1 Å². The number of imide groups is 1. The van der Waals surface area contributed by atoms with E-state index in [2.05, 4.69) is 4.98 Å². The number of nitrogens with zero attached hydrogens (tertiary/aromatic N) is 3. The van der Waals surface area contributed by atoms with Gasteiger partial charge in [0.2, 0.25) is 10.0 Å². The predicted octanol–water partition coefficient (Wildman–Crippen LogP) is 1.84. The minimum absolute atomic E-state index is 0.178. The molecular weight excluding hydrogens is 366 g/mol. The average molecular weight is 385 g/mol. The zero-order chi connectivity index (χ0) is 19.2. The number of pyridine rings is 1. The quantitative estimate of drug-likeness (QED) is 0.753. The molecule has 8 heteroatoms. The smallest absolute Gasteiger partial charge is 0.270 e. The van der Waals surface area contributed by atoms with E-state index in [0.717, 1.165) is 5.56 Å². The largest absolute Gasteiger partial charge is 0.280 e. The summed E-state index contributed by atoms with van der Waals surface area (Å²) in [4.78, 5) is 30.6. The van der Waals surface area contributed by atoms with Gasteiger partial charge in [-0.3, -0.25) is 19.5 Å². The van der Waals surface area contributed by atoms with Gasteiger partial charge in [0.15, 0.2) is 0 Å². The van der Waals surface area contributed by atoms with Gasteiger partial charge >= 0.3 is 0 Å². The van der Waals surface area contributed by atoms with Crippen molar-refractivity contribution in [3.8, 4) is 0 Å². The van der Waals surface area contributed by atoms with Gasteiger partial charge in [-0.25, -0.2) is 8.42 Å². The summed E-state index contributed by atoms with van der Waals surface area (Å²) >= 11 is 0. The Kier molecular flexibility index (Phi) is 4.32. The van der Waals surface area contributed by atoms with Crippen LogP contribution in [0.25, 0.3) is 0 Å². The molecule has 0 spiro atoms. The SMILES string of the molecule is Cc1ccc(S(=O)(=O)N2CCC(N3C(=O)c4cccnc4C3=O)CC2)cc1. The van der Waals surface area contributed by atoms with E-state index < -0.39 is 15.9 Å². The third kappa shape index (κ3) is 2.94. The van der Waals surface area contributed by atoms with Crippen molar-refractivity contribution >= 4 is 21.8 Å². The highest BCUT2D eigenvalue weighted by Gasteiger charge is 2.42. The number of benzene rings is 1. The maximum absolute atomic E-state index is 12.8. The lowest BCUT2D eigenvalue weighted by Gasteiger charge is -2.34. The van der Waals surface area contributed by atoms with Crippen LogP contribution in [0.15, 0.2) is 47.5 Å². The number of rotatable bonds is 3. The highest BCUT2D eigenvalue weighted by atomic mass is 32.2. The van der Waals surface area contributed by atoms with E-state index in [0.29, 0.717) is 18.4 Å². The van der Waals surface area contributed by atoms with Gasteiger partial charge in [-0.2, -0.15) is 4.31 Å². The van der Waals surface area contributed by atoms with Crippen molar-refractivity contribution in [3.63, 3.8) is 0 Å². The van der Waals surface area contributed by atoms with Crippen molar-refractivity contribution in [2.45, 2.75) is 30.7 Å². The van der Waals surface area contributed by atoms with Gasteiger partial charge in [0.25, 0.3) is 11.8 Å². The molecule has 2 aliphatic heterocycles. The van der Waals surface area contributed by atoms with Crippen LogP contribution in [0.1, 0.15) is 39.3 Å². The topological polar surface area (TPSA) is 87.7 Å². The second kappa shape index (κ2) is 6.54. The molecule has 0 aliphatic carbocycles. The number of sulfonamides is 1. The molecule has 27 heavy (non-hydrogen) atoms. The van der Waals surface area contributed by atoms with E-state index in [4.69, 9.17) is 0 Å². The third-order valence-electron chi connectivity index (χ3n) is 5.13. The van der Waals surface area contributed by atoms with E-state index >= 15 is 0 Å². The summed E-state index contributed by atoms with van der Waals surface area (Å²) in [6.07, 6.45) is 2.32. The maximum atomic E-state index is 12.8. The van der Waals surface area contributed by atoms with Gasteiger partial charge < -0.3 is 0 Å². The highest BCUT2D eigenvalue weighted by Crippen LogP contribution is 2.29. The molecule has 3 heterocycles. The van der Waals surface area contributed by atoms with Crippen molar-refractivity contribution in [1.82, 2.24) is 14.2 Å². The molecule has 0 radical (unpaired) electrons. The Morgan fingerprint density at radius 1 is 1.00 bits per heavy atom. The lowest BCUT2D eigenvalue weighted by molar-refractivity contribution is 0.0534. The summed E-state index contributed by atoms with van der Waals surface area (Å²) in [5, 5.41) is 0. The molecule has 0 N–H and O–H groups in total. The van der Waals surface area contributed by atoms with Gasteiger partial charge in [0.05, 0.1) is 10.5 Å². The molecule has 0 bridgehead atoms. The van der Waals surface area contributed by atoms with Crippen LogP contribution in [0.4, 0.5) is 0 Å². The number of hydrogen-bond acceptors (Lipinski definition) is 5. The van der Waals surface area contributed by atoms with Crippen LogP contribution in [-0.2, 0) is 10.0 Å². The number of carbonyl (C=O) groups excluding carboxylic acids is 2.